The number of benzene rings is 1. The molecule has 0 aliphatic rings. The second kappa shape index (κ2) is 6.78. The summed E-state index contributed by atoms with van der Waals surface area (Å²) in [5.74, 6) is 0.427. The Hall–Kier alpha value is -3.13. The predicted molar refractivity (Wildman–Crippen MR) is 91.3 cm³/mol. The van der Waals surface area contributed by atoms with E-state index in [4.69, 9.17) is 9.47 Å². The second-order valence-electron chi connectivity index (χ2n) is 5.47. The topological polar surface area (TPSA) is 87.8 Å². The Kier molecular flexibility index (Phi) is 4.17. The van der Waals surface area contributed by atoms with E-state index in [9.17, 15) is 0 Å². The predicted octanol–water partition coefficient (Wildman–Crippen LogP) is 1.84. The van der Waals surface area contributed by atoms with Crippen LogP contribution in [-0.2, 0) is 11.3 Å². The van der Waals surface area contributed by atoms with E-state index in [1.807, 2.05) is 24.3 Å². The first-order valence-corrected chi connectivity index (χ1v) is 7.85. The normalized spacial score (nSPS) is 11.2. The van der Waals surface area contributed by atoms with Crippen LogP contribution in [0.2, 0.25) is 0 Å². The first kappa shape index (κ1) is 15.4. The van der Waals surface area contributed by atoms with Crippen molar-refractivity contribution in [3.05, 3.63) is 48.3 Å². The van der Waals surface area contributed by atoms with Crippen molar-refractivity contribution in [1.82, 2.24) is 29.9 Å². The Bertz CT molecular complexity index is 1020. The molecule has 0 aliphatic heterocycles. The zero-order valence-electron chi connectivity index (χ0n) is 13.7. The molecule has 0 atom stereocenters. The molecule has 0 radical (unpaired) electrons. The Morgan fingerprint density at radius 2 is 2.08 bits per heavy atom. The van der Waals surface area contributed by atoms with Gasteiger partial charge in [0.15, 0.2) is 0 Å². The van der Waals surface area contributed by atoms with Gasteiger partial charge in [-0.3, -0.25) is 4.98 Å². The van der Waals surface area contributed by atoms with Gasteiger partial charge in [-0.1, -0.05) is 17.3 Å². The number of pyridine rings is 1. The molecular formula is C17H16N6O2. The van der Waals surface area contributed by atoms with Crippen molar-refractivity contribution in [2.45, 2.75) is 6.54 Å². The maximum absolute atomic E-state index is 5.51. The van der Waals surface area contributed by atoms with Gasteiger partial charge >= 0.3 is 0 Å². The molecule has 0 saturated carbocycles. The van der Waals surface area contributed by atoms with Crippen molar-refractivity contribution in [2.75, 3.05) is 20.3 Å². The summed E-state index contributed by atoms with van der Waals surface area (Å²) >= 11 is 0. The van der Waals surface area contributed by atoms with Crippen LogP contribution < -0.4 is 4.74 Å². The number of fused-ring (bicyclic) bond motifs is 2. The van der Waals surface area contributed by atoms with Gasteiger partial charge in [-0.2, -0.15) is 4.98 Å². The monoisotopic (exact) mass is 336 g/mol. The van der Waals surface area contributed by atoms with E-state index < -0.39 is 0 Å². The third-order valence-corrected chi connectivity index (χ3v) is 3.74. The largest absolute Gasteiger partial charge is 0.474 e. The van der Waals surface area contributed by atoms with Gasteiger partial charge in [0.25, 0.3) is 0 Å². The van der Waals surface area contributed by atoms with Crippen molar-refractivity contribution in [3.63, 3.8) is 0 Å². The molecule has 8 nitrogen and oxygen atoms in total. The molecule has 0 bridgehead atoms. The van der Waals surface area contributed by atoms with E-state index in [2.05, 4.69) is 31.3 Å². The molecule has 3 heterocycles. The lowest BCUT2D eigenvalue weighted by Gasteiger charge is -2.06. The number of aromatic nitrogens is 6. The third-order valence-electron chi connectivity index (χ3n) is 3.74. The van der Waals surface area contributed by atoms with Crippen molar-refractivity contribution in [1.29, 1.82) is 0 Å². The summed E-state index contributed by atoms with van der Waals surface area (Å²) in [4.78, 5) is 13.0. The number of hydrogen-bond donors (Lipinski definition) is 0. The highest BCUT2D eigenvalue weighted by atomic mass is 16.5. The SMILES string of the molecule is COCCOc1cnc2nnn(Cc3ccc4ncccc4c3)c2n1. The van der Waals surface area contributed by atoms with Crippen LogP contribution in [0.3, 0.4) is 0 Å². The summed E-state index contributed by atoms with van der Waals surface area (Å²) in [6.07, 6.45) is 3.33. The van der Waals surface area contributed by atoms with Gasteiger partial charge < -0.3 is 9.47 Å². The first-order valence-electron chi connectivity index (χ1n) is 7.85. The molecule has 0 saturated heterocycles. The number of hydrogen-bond acceptors (Lipinski definition) is 7. The number of methoxy groups -OCH3 is 1. The molecule has 4 aromatic rings. The van der Waals surface area contributed by atoms with E-state index in [0.717, 1.165) is 16.5 Å². The lowest BCUT2D eigenvalue weighted by Crippen LogP contribution is -2.07. The molecule has 126 valence electrons. The van der Waals surface area contributed by atoms with Gasteiger partial charge in [0.2, 0.25) is 17.2 Å². The molecule has 8 heteroatoms. The Morgan fingerprint density at radius 1 is 1.12 bits per heavy atom. The summed E-state index contributed by atoms with van der Waals surface area (Å²) in [7, 11) is 1.62. The summed E-state index contributed by atoms with van der Waals surface area (Å²) in [5, 5.41) is 9.30. The van der Waals surface area contributed by atoms with E-state index in [0.29, 0.717) is 36.9 Å². The summed E-state index contributed by atoms with van der Waals surface area (Å²) in [6.45, 7) is 1.44. The van der Waals surface area contributed by atoms with Crippen molar-refractivity contribution in [3.8, 4) is 5.88 Å². The fraction of sp³-hybridized carbons (Fsp3) is 0.235. The van der Waals surface area contributed by atoms with E-state index >= 15 is 0 Å². The van der Waals surface area contributed by atoms with Gasteiger partial charge in [-0.05, 0) is 23.8 Å². The molecule has 0 spiro atoms. The smallest absolute Gasteiger partial charge is 0.234 e. The van der Waals surface area contributed by atoms with Crippen molar-refractivity contribution in [2.24, 2.45) is 0 Å². The summed E-state index contributed by atoms with van der Waals surface area (Å²) in [5.41, 5.74) is 3.12. The molecule has 0 fully saturated rings. The maximum Gasteiger partial charge on any atom is 0.234 e. The number of ether oxygens (including phenoxy) is 2. The van der Waals surface area contributed by atoms with Crippen LogP contribution in [0.15, 0.2) is 42.7 Å². The molecule has 3 aromatic heterocycles. The van der Waals surface area contributed by atoms with Gasteiger partial charge in [-0.15, -0.1) is 5.10 Å². The molecule has 0 amide bonds. The fourth-order valence-electron chi connectivity index (χ4n) is 2.54. The Balaban J connectivity index is 1.62. The summed E-state index contributed by atoms with van der Waals surface area (Å²) in [6, 6.07) is 10.1. The Labute approximate surface area is 143 Å². The van der Waals surface area contributed by atoms with Crippen LogP contribution in [0.1, 0.15) is 5.56 Å². The molecule has 0 aliphatic carbocycles. The Morgan fingerprint density at radius 3 is 3.00 bits per heavy atom. The first-order chi connectivity index (χ1) is 12.3. The molecule has 0 unspecified atom stereocenters. The van der Waals surface area contributed by atoms with Gasteiger partial charge in [-0.25, -0.2) is 9.67 Å². The average Bonchev–Trinajstić information content (AvgIpc) is 3.04. The molecule has 25 heavy (non-hydrogen) atoms. The summed E-state index contributed by atoms with van der Waals surface area (Å²) < 4.78 is 12.2. The van der Waals surface area contributed by atoms with Crippen LogP contribution >= 0.6 is 0 Å². The second-order valence-corrected chi connectivity index (χ2v) is 5.47. The highest BCUT2D eigenvalue weighted by Crippen LogP contribution is 2.16. The molecule has 4 rings (SSSR count). The quantitative estimate of drug-likeness (QED) is 0.496. The lowest BCUT2D eigenvalue weighted by atomic mass is 10.1. The van der Waals surface area contributed by atoms with Crippen molar-refractivity contribution < 1.29 is 9.47 Å². The van der Waals surface area contributed by atoms with E-state index in [1.54, 1.807) is 24.2 Å². The van der Waals surface area contributed by atoms with Crippen LogP contribution in [0.5, 0.6) is 5.88 Å². The highest BCUT2D eigenvalue weighted by molar-refractivity contribution is 5.79. The standard InChI is InChI=1S/C17H16N6O2/c1-24-7-8-25-15-10-19-16-17(20-15)23(22-21-16)11-12-4-5-14-13(9-12)3-2-6-18-14/h2-6,9-10H,7-8,11H2,1H3. The van der Waals surface area contributed by atoms with Crippen molar-refractivity contribution >= 4 is 22.2 Å². The third kappa shape index (κ3) is 3.24. The average molecular weight is 336 g/mol. The highest BCUT2D eigenvalue weighted by Gasteiger charge is 2.10. The fourth-order valence-corrected chi connectivity index (χ4v) is 2.54. The van der Waals surface area contributed by atoms with Crippen LogP contribution in [0.4, 0.5) is 0 Å². The van der Waals surface area contributed by atoms with Gasteiger partial charge in [0, 0.05) is 18.7 Å². The lowest BCUT2D eigenvalue weighted by molar-refractivity contribution is 0.143. The zero-order chi connectivity index (χ0) is 17.1. The van der Waals surface area contributed by atoms with E-state index in [1.165, 1.54) is 0 Å². The number of rotatable bonds is 6. The van der Waals surface area contributed by atoms with Crippen LogP contribution in [-0.4, -0.2) is 50.3 Å². The van der Waals surface area contributed by atoms with E-state index in [-0.39, 0.29) is 0 Å². The maximum atomic E-state index is 5.51. The molecular weight excluding hydrogens is 320 g/mol. The van der Waals surface area contributed by atoms with Gasteiger partial charge in [0.05, 0.1) is 24.9 Å². The molecule has 0 N–H and O–H groups in total. The number of nitrogens with zero attached hydrogens (tertiary/aromatic N) is 6. The minimum Gasteiger partial charge on any atom is -0.474 e. The zero-order valence-corrected chi connectivity index (χ0v) is 13.7. The van der Waals surface area contributed by atoms with Crippen LogP contribution in [0.25, 0.3) is 22.2 Å². The van der Waals surface area contributed by atoms with Gasteiger partial charge in [0.1, 0.15) is 6.61 Å². The minimum absolute atomic E-state index is 0.413. The van der Waals surface area contributed by atoms with Crippen LogP contribution in [0, 0.1) is 0 Å². The molecule has 1 aromatic carbocycles. The minimum atomic E-state index is 0.413.